The summed E-state index contributed by atoms with van der Waals surface area (Å²) in [4.78, 5) is 15.7. The Morgan fingerprint density at radius 1 is 1.50 bits per heavy atom. The standard InChI is InChI=1S/C11H10N2O/c1-7-5-8(6-12)13-9-3-2-4-10(14)11(7)9/h5H,2-4H2,1H3. The number of nitrogens with zero attached hydrogens (tertiary/aromatic N) is 2. The van der Waals surface area contributed by atoms with E-state index < -0.39 is 0 Å². The Labute approximate surface area is 82.4 Å². The normalized spacial score (nSPS) is 14.7. The number of fused-ring (bicyclic) bond motifs is 1. The highest BCUT2D eigenvalue weighted by atomic mass is 16.1. The van der Waals surface area contributed by atoms with Gasteiger partial charge in [-0.1, -0.05) is 0 Å². The van der Waals surface area contributed by atoms with Crippen LogP contribution in [0.25, 0.3) is 0 Å². The van der Waals surface area contributed by atoms with Crippen molar-refractivity contribution in [3.8, 4) is 6.07 Å². The van der Waals surface area contributed by atoms with Crippen LogP contribution in [0, 0.1) is 18.3 Å². The van der Waals surface area contributed by atoms with Crippen molar-refractivity contribution in [1.29, 1.82) is 5.26 Å². The number of ketones is 1. The molecule has 0 atom stereocenters. The molecule has 0 bridgehead atoms. The highest BCUT2D eigenvalue weighted by Gasteiger charge is 2.20. The fourth-order valence-electron chi connectivity index (χ4n) is 1.90. The molecule has 0 spiro atoms. The second kappa shape index (κ2) is 3.22. The summed E-state index contributed by atoms with van der Waals surface area (Å²) in [7, 11) is 0. The fourth-order valence-corrected chi connectivity index (χ4v) is 1.90. The molecule has 0 saturated heterocycles. The largest absolute Gasteiger partial charge is 0.294 e. The topological polar surface area (TPSA) is 53.8 Å². The van der Waals surface area contributed by atoms with Crippen molar-refractivity contribution < 1.29 is 4.79 Å². The molecule has 2 rings (SSSR count). The van der Waals surface area contributed by atoms with E-state index in [0.717, 1.165) is 29.7 Å². The van der Waals surface area contributed by atoms with Gasteiger partial charge in [-0.25, -0.2) is 4.98 Å². The van der Waals surface area contributed by atoms with Gasteiger partial charge >= 0.3 is 0 Å². The average Bonchev–Trinajstić information content (AvgIpc) is 2.17. The van der Waals surface area contributed by atoms with E-state index in [1.807, 2.05) is 13.0 Å². The number of nitriles is 1. The lowest BCUT2D eigenvalue weighted by molar-refractivity contribution is 0.0971. The molecule has 0 aliphatic heterocycles. The molecule has 1 aliphatic carbocycles. The molecule has 0 saturated carbocycles. The van der Waals surface area contributed by atoms with Crippen molar-refractivity contribution in [1.82, 2.24) is 4.98 Å². The van der Waals surface area contributed by atoms with E-state index in [-0.39, 0.29) is 5.78 Å². The van der Waals surface area contributed by atoms with Gasteiger partial charge in [0.05, 0.1) is 5.69 Å². The molecule has 0 fully saturated rings. The molecule has 1 heterocycles. The Morgan fingerprint density at radius 2 is 2.29 bits per heavy atom. The molecule has 1 aromatic heterocycles. The van der Waals surface area contributed by atoms with Gasteiger partial charge in [-0.05, 0) is 31.4 Å². The van der Waals surface area contributed by atoms with Crippen LogP contribution < -0.4 is 0 Å². The molecule has 0 amide bonds. The van der Waals surface area contributed by atoms with Crippen molar-refractivity contribution in [2.24, 2.45) is 0 Å². The second-order valence-electron chi connectivity index (χ2n) is 3.53. The summed E-state index contributed by atoms with van der Waals surface area (Å²) in [6.07, 6.45) is 2.28. The molecule has 1 aromatic rings. The molecule has 1 aliphatic rings. The maximum atomic E-state index is 11.6. The van der Waals surface area contributed by atoms with Crippen molar-refractivity contribution >= 4 is 5.78 Å². The molecule has 3 heteroatoms. The number of carbonyl (C=O) groups is 1. The lowest BCUT2D eigenvalue weighted by atomic mass is 9.91. The van der Waals surface area contributed by atoms with E-state index in [1.54, 1.807) is 6.07 Å². The first-order valence-corrected chi connectivity index (χ1v) is 4.66. The third-order valence-corrected chi connectivity index (χ3v) is 2.50. The SMILES string of the molecule is Cc1cc(C#N)nc2c1C(=O)CCC2. The number of rotatable bonds is 0. The van der Waals surface area contributed by atoms with E-state index in [2.05, 4.69) is 4.98 Å². The Kier molecular flexibility index (Phi) is 2.05. The summed E-state index contributed by atoms with van der Waals surface area (Å²) in [5.41, 5.74) is 2.85. The van der Waals surface area contributed by atoms with Gasteiger partial charge in [-0.3, -0.25) is 4.79 Å². The molecular formula is C11H10N2O. The summed E-state index contributed by atoms with van der Waals surface area (Å²) in [5, 5.41) is 8.73. The Bertz CT molecular complexity index is 443. The maximum absolute atomic E-state index is 11.6. The van der Waals surface area contributed by atoms with Crippen LogP contribution in [0.15, 0.2) is 6.07 Å². The minimum absolute atomic E-state index is 0.167. The van der Waals surface area contributed by atoms with Crippen molar-refractivity contribution in [3.05, 3.63) is 28.6 Å². The number of pyridine rings is 1. The van der Waals surface area contributed by atoms with Crippen molar-refractivity contribution in [2.45, 2.75) is 26.2 Å². The number of aromatic nitrogens is 1. The Morgan fingerprint density at radius 3 is 3.00 bits per heavy atom. The highest BCUT2D eigenvalue weighted by molar-refractivity contribution is 5.99. The van der Waals surface area contributed by atoms with Crippen molar-refractivity contribution in [3.63, 3.8) is 0 Å². The first kappa shape index (κ1) is 8.89. The van der Waals surface area contributed by atoms with Gasteiger partial charge in [0.15, 0.2) is 5.78 Å². The van der Waals surface area contributed by atoms with E-state index in [4.69, 9.17) is 5.26 Å². The summed E-state index contributed by atoms with van der Waals surface area (Å²) >= 11 is 0. The Balaban J connectivity index is 2.64. The van der Waals surface area contributed by atoms with Crippen LogP contribution in [0.2, 0.25) is 0 Å². The minimum atomic E-state index is 0.167. The average molecular weight is 186 g/mol. The van der Waals surface area contributed by atoms with Crippen LogP contribution in [-0.4, -0.2) is 10.8 Å². The van der Waals surface area contributed by atoms with Gasteiger partial charge in [-0.2, -0.15) is 5.26 Å². The van der Waals surface area contributed by atoms with E-state index >= 15 is 0 Å². The van der Waals surface area contributed by atoms with Crippen LogP contribution >= 0.6 is 0 Å². The molecule has 0 N–H and O–H groups in total. The van der Waals surface area contributed by atoms with Gasteiger partial charge in [0, 0.05) is 12.0 Å². The molecule has 70 valence electrons. The predicted octanol–water partition coefficient (Wildman–Crippen LogP) is 1.78. The number of hydrogen-bond donors (Lipinski definition) is 0. The summed E-state index contributed by atoms with van der Waals surface area (Å²) in [5.74, 6) is 0.167. The van der Waals surface area contributed by atoms with Crippen LogP contribution in [-0.2, 0) is 6.42 Å². The lowest BCUT2D eigenvalue weighted by Crippen LogP contribution is -2.15. The third kappa shape index (κ3) is 1.29. The van der Waals surface area contributed by atoms with E-state index in [9.17, 15) is 4.79 Å². The van der Waals surface area contributed by atoms with Gasteiger partial charge in [0.2, 0.25) is 0 Å². The monoisotopic (exact) mass is 186 g/mol. The van der Waals surface area contributed by atoms with Gasteiger partial charge < -0.3 is 0 Å². The van der Waals surface area contributed by atoms with Gasteiger partial charge in [0.25, 0.3) is 0 Å². The molecular weight excluding hydrogens is 176 g/mol. The summed E-state index contributed by atoms with van der Waals surface area (Å²) in [6, 6.07) is 3.69. The molecule has 0 aromatic carbocycles. The zero-order valence-corrected chi connectivity index (χ0v) is 8.00. The minimum Gasteiger partial charge on any atom is -0.294 e. The number of aryl methyl sites for hydroxylation is 2. The Hall–Kier alpha value is -1.69. The van der Waals surface area contributed by atoms with Crippen LogP contribution in [0.4, 0.5) is 0 Å². The van der Waals surface area contributed by atoms with Gasteiger partial charge in [0.1, 0.15) is 11.8 Å². The maximum Gasteiger partial charge on any atom is 0.164 e. The second-order valence-corrected chi connectivity index (χ2v) is 3.53. The molecule has 0 radical (unpaired) electrons. The number of carbonyl (C=O) groups excluding carboxylic acids is 1. The number of hydrogen-bond acceptors (Lipinski definition) is 3. The lowest BCUT2D eigenvalue weighted by Gasteiger charge is -2.15. The summed E-state index contributed by atoms with van der Waals surface area (Å²) < 4.78 is 0. The summed E-state index contributed by atoms with van der Waals surface area (Å²) in [6.45, 7) is 1.87. The highest BCUT2D eigenvalue weighted by Crippen LogP contribution is 2.23. The van der Waals surface area contributed by atoms with Crippen LogP contribution in [0.5, 0.6) is 0 Å². The van der Waals surface area contributed by atoms with Gasteiger partial charge in [-0.15, -0.1) is 0 Å². The quantitative estimate of drug-likeness (QED) is 0.620. The molecule has 0 unspecified atom stereocenters. The van der Waals surface area contributed by atoms with E-state index in [0.29, 0.717) is 12.1 Å². The van der Waals surface area contributed by atoms with Crippen molar-refractivity contribution in [2.75, 3.05) is 0 Å². The number of Topliss-reactive ketones (excluding diaryl/α,β-unsaturated/α-hetero) is 1. The first-order valence-electron chi connectivity index (χ1n) is 4.66. The molecule has 14 heavy (non-hydrogen) atoms. The zero-order chi connectivity index (χ0) is 10.1. The van der Waals surface area contributed by atoms with E-state index in [1.165, 1.54) is 0 Å². The van der Waals surface area contributed by atoms with Crippen LogP contribution in [0.1, 0.15) is 40.2 Å². The molecule has 3 nitrogen and oxygen atoms in total. The first-order chi connectivity index (χ1) is 6.72. The smallest absolute Gasteiger partial charge is 0.164 e. The fraction of sp³-hybridized carbons (Fsp3) is 0.364. The zero-order valence-electron chi connectivity index (χ0n) is 8.00. The van der Waals surface area contributed by atoms with Crippen LogP contribution in [0.3, 0.4) is 0 Å². The predicted molar refractivity (Wildman–Crippen MR) is 51.0 cm³/mol. The third-order valence-electron chi connectivity index (χ3n) is 2.50.